The second-order valence-electron chi connectivity index (χ2n) is 8.50. The third-order valence-corrected chi connectivity index (χ3v) is 7.92. The molecule has 22 heavy (non-hydrogen) atoms. The number of rotatable bonds is 1. The lowest BCUT2D eigenvalue weighted by Crippen LogP contribution is -2.53. The zero-order valence-corrected chi connectivity index (χ0v) is 13.6. The summed E-state index contributed by atoms with van der Waals surface area (Å²) in [5, 5.41) is 20.7. The molecule has 0 amide bonds. The van der Waals surface area contributed by atoms with Gasteiger partial charge in [-0.15, -0.1) is 0 Å². The van der Waals surface area contributed by atoms with Gasteiger partial charge in [0, 0.05) is 11.8 Å². The number of fused-ring (bicyclic) bond motifs is 5. The SMILES string of the molecule is C[C@@]12CC[C@H]3[C@@H](CCC4=CC(=O)CC[C@@]43CO)[C@H]1CC[C@@H]2O. The second kappa shape index (κ2) is 4.91. The third kappa shape index (κ3) is 1.78. The summed E-state index contributed by atoms with van der Waals surface area (Å²) in [5.41, 5.74) is 1.18. The van der Waals surface area contributed by atoms with E-state index in [2.05, 4.69) is 6.92 Å². The van der Waals surface area contributed by atoms with E-state index in [9.17, 15) is 15.0 Å². The molecule has 4 aliphatic carbocycles. The number of ketones is 1. The van der Waals surface area contributed by atoms with Crippen LogP contribution in [0.25, 0.3) is 0 Å². The summed E-state index contributed by atoms with van der Waals surface area (Å²) in [6, 6.07) is 0. The van der Waals surface area contributed by atoms with E-state index in [0.29, 0.717) is 24.2 Å². The normalized spacial score (nSPS) is 50.9. The number of carbonyl (C=O) groups excluding carboxylic acids is 1. The van der Waals surface area contributed by atoms with Crippen molar-refractivity contribution in [3.63, 3.8) is 0 Å². The molecular weight excluding hydrogens is 276 g/mol. The topological polar surface area (TPSA) is 57.5 Å². The van der Waals surface area contributed by atoms with E-state index >= 15 is 0 Å². The quantitative estimate of drug-likeness (QED) is 0.783. The highest BCUT2D eigenvalue weighted by molar-refractivity contribution is 5.91. The van der Waals surface area contributed by atoms with Gasteiger partial charge in [0.05, 0.1) is 12.7 Å². The van der Waals surface area contributed by atoms with Crippen molar-refractivity contribution in [1.29, 1.82) is 0 Å². The Bertz CT molecular complexity index is 525. The van der Waals surface area contributed by atoms with Crippen LogP contribution < -0.4 is 0 Å². The number of hydrogen-bond acceptors (Lipinski definition) is 3. The Morgan fingerprint density at radius 3 is 2.73 bits per heavy atom. The van der Waals surface area contributed by atoms with Gasteiger partial charge in [-0.3, -0.25) is 4.79 Å². The largest absolute Gasteiger partial charge is 0.395 e. The molecule has 122 valence electrons. The van der Waals surface area contributed by atoms with Gasteiger partial charge >= 0.3 is 0 Å². The van der Waals surface area contributed by atoms with Gasteiger partial charge in [-0.25, -0.2) is 0 Å². The van der Waals surface area contributed by atoms with Gasteiger partial charge < -0.3 is 10.2 Å². The van der Waals surface area contributed by atoms with Gasteiger partial charge in [0.25, 0.3) is 0 Å². The Balaban J connectivity index is 1.71. The molecule has 0 aliphatic heterocycles. The molecule has 0 spiro atoms. The molecule has 0 saturated heterocycles. The fourth-order valence-electron chi connectivity index (χ4n) is 6.63. The average Bonchev–Trinajstić information content (AvgIpc) is 2.82. The molecule has 6 atom stereocenters. The van der Waals surface area contributed by atoms with Crippen molar-refractivity contribution in [2.45, 2.75) is 64.4 Å². The van der Waals surface area contributed by atoms with E-state index in [1.54, 1.807) is 0 Å². The van der Waals surface area contributed by atoms with Gasteiger partial charge in [-0.05, 0) is 74.2 Å². The summed E-state index contributed by atoms with van der Waals surface area (Å²) in [7, 11) is 0. The van der Waals surface area contributed by atoms with Crippen LogP contribution in [0.3, 0.4) is 0 Å². The highest BCUT2D eigenvalue weighted by Gasteiger charge is 2.59. The molecule has 3 saturated carbocycles. The van der Waals surface area contributed by atoms with Crippen molar-refractivity contribution in [2.24, 2.45) is 28.6 Å². The first-order valence-corrected chi connectivity index (χ1v) is 9.04. The summed E-state index contributed by atoms with van der Waals surface area (Å²) in [6.07, 6.45) is 9.49. The first-order valence-electron chi connectivity index (χ1n) is 9.04. The third-order valence-electron chi connectivity index (χ3n) is 7.92. The van der Waals surface area contributed by atoms with Crippen molar-refractivity contribution >= 4 is 5.78 Å². The molecule has 0 aromatic rings. The molecule has 3 nitrogen and oxygen atoms in total. The Kier molecular flexibility index (Phi) is 3.32. The minimum absolute atomic E-state index is 0.0868. The fraction of sp³-hybridized carbons (Fsp3) is 0.842. The molecule has 0 radical (unpaired) electrons. The lowest BCUT2D eigenvalue weighted by molar-refractivity contribution is -0.120. The van der Waals surface area contributed by atoms with Crippen LogP contribution in [0.2, 0.25) is 0 Å². The maximum Gasteiger partial charge on any atom is 0.155 e. The monoisotopic (exact) mass is 304 g/mol. The van der Waals surface area contributed by atoms with E-state index in [-0.39, 0.29) is 29.3 Å². The molecule has 3 heteroatoms. The standard InChI is InChI=1S/C19H28O3/c1-18-8-7-16-14(15(18)4-5-17(18)22)3-2-12-10-13(21)6-9-19(12,16)11-20/h10,14-17,20,22H,2-9,11H2,1H3/t14-,15+,16-,17-,18+,19+/m0/s1. The molecule has 4 rings (SSSR count). The first kappa shape index (κ1) is 14.9. The van der Waals surface area contributed by atoms with Crippen LogP contribution in [0.5, 0.6) is 0 Å². The zero-order valence-electron chi connectivity index (χ0n) is 13.6. The second-order valence-corrected chi connectivity index (χ2v) is 8.50. The lowest BCUT2D eigenvalue weighted by Gasteiger charge is -2.58. The summed E-state index contributed by atoms with van der Waals surface area (Å²) >= 11 is 0. The van der Waals surface area contributed by atoms with Crippen LogP contribution in [0.4, 0.5) is 0 Å². The summed E-state index contributed by atoms with van der Waals surface area (Å²) in [4.78, 5) is 11.8. The molecule has 3 fully saturated rings. The first-order chi connectivity index (χ1) is 10.5. The number of aliphatic hydroxyl groups excluding tert-OH is 2. The molecule has 0 aromatic carbocycles. The summed E-state index contributed by atoms with van der Waals surface area (Å²) in [5.74, 6) is 1.97. The van der Waals surface area contributed by atoms with Crippen LogP contribution in [-0.4, -0.2) is 28.7 Å². The number of aliphatic hydroxyl groups is 2. The van der Waals surface area contributed by atoms with Crippen molar-refractivity contribution in [3.05, 3.63) is 11.6 Å². The van der Waals surface area contributed by atoms with E-state index < -0.39 is 0 Å². The number of carbonyl (C=O) groups is 1. The van der Waals surface area contributed by atoms with Gasteiger partial charge in [-0.1, -0.05) is 12.5 Å². The maximum atomic E-state index is 11.8. The molecule has 0 aromatic heterocycles. The molecule has 0 heterocycles. The van der Waals surface area contributed by atoms with Crippen LogP contribution in [0, 0.1) is 28.6 Å². The summed E-state index contributed by atoms with van der Waals surface area (Å²) in [6.45, 7) is 2.48. The highest BCUT2D eigenvalue weighted by Crippen LogP contribution is 2.65. The van der Waals surface area contributed by atoms with Crippen molar-refractivity contribution < 1.29 is 15.0 Å². The van der Waals surface area contributed by atoms with Crippen LogP contribution >= 0.6 is 0 Å². The Morgan fingerprint density at radius 2 is 1.95 bits per heavy atom. The predicted molar refractivity (Wildman–Crippen MR) is 84.1 cm³/mol. The van der Waals surface area contributed by atoms with Gasteiger partial charge in [-0.2, -0.15) is 0 Å². The molecule has 4 aliphatic rings. The predicted octanol–water partition coefficient (Wildman–Crippen LogP) is 2.85. The van der Waals surface area contributed by atoms with Crippen molar-refractivity contribution in [2.75, 3.05) is 6.61 Å². The fourth-order valence-corrected chi connectivity index (χ4v) is 6.63. The van der Waals surface area contributed by atoms with E-state index in [4.69, 9.17) is 0 Å². The van der Waals surface area contributed by atoms with Gasteiger partial charge in [0.1, 0.15) is 0 Å². The van der Waals surface area contributed by atoms with Gasteiger partial charge in [0.2, 0.25) is 0 Å². The highest BCUT2D eigenvalue weighted by atomic mass is 16.3. The van der Waals surface area contributed by atoms with Crippen LogP contribution in [0.15, 0.2) is 11.6 Å². The van der Waals surface area contributed by atoms with Crippen LogP contribution in [-0.2, 0) is 4.79 Å². The number of hydrogen-bond donors (Lipinski definition) is 2. The maximum absolute atomic E-state index is 11.8. The van der Waals surface area contributed by atoms with Crippen LogP contribution in [0.1, 0.15) is 58.3 Å². The van der Waals surface area contributed by atoms with Gasteiger partial charge in [0.15, 0.2) is 5.78 Å². The molecule has 2 N–H and O–H groups in total. The molecule has 0 unspecified atom stereocenters. The lowest BCUT2D eigenvalue weighted by atomic mass is 9.47. The Morgan fingerprint density at radius 1 is 1.14 bits per heavy atom. The molecular formula is C19H28O3. The van der Waals surface area contributed by atoms with E-state index in [1.807, 2.05) is 6.08 Å². The van der Waals surface area contributed by atoms with Crippen molar-refractivity contribution in [1.82, 2.24) is 0 Å². The summed E-state index contributed by atoms with van der Waals surface area (Å²) < 4.78 is 0. The Labute approximate surface area is 132 Å². The minimum Gasteiger partial charge on any atom is -0.395 e. The Hall–Kier alpha value is -0.670. The average molecular weight is 304 g/mol. The van der Waals surface area contributed by atoms with E-state index in [1.165, 1.54) is 5.57 Å². The molecule has 0 bridgehead atoms. The zero-order chi connectivity index (χ0) is 15.5. The van der Waals surface area contributed by atoms with Crippen molar-refractivity contribution in [3.8, 4) is 0 Å². The smallest absolute Gasteiger partial charge is 0.155 e. The minimum atomic E-state index is -0.145. The van der Waals surface area contributed by atoms with E-state index in [0.717, 1.165) is 44.9 Å².